The summed E-state index contributed by atoms with van der Waals surface area (Å²) in [6.07, 6.45) is 2.08. The van der Waals surface area contributed by atoms with Gasteiger partial charge in [0, 0.05) is 6.04 Å². The molecule has 0 fully saturated rings. The molecule has 12 heavy (non-hydrogen) atoms. The maximum atomic E-state index is 8.66. The topological polar surface area (TPSA) is 49.8 Å². The maximum absolute atomic E-state index is 8.66. The van der Waals surface area contributed by atoms with E-state index in [4.69, 9.17) is 11.0 Å². The summed E-state index contributed by atoms with van der Waals surface area (Å²) >= 11 is 0. The average molecular weight is 158 g/mol. The molecule has 1 aliphatic carbocycles. The fourth-order valence-electron chi connectivity index (χ4n) is 1.70. The zero-order valence-corrected chi connectivity index (χ0v) is 6.75. The van der Waals surface area contributed by atoms with Crippen LogP contribution < -0.4 is 5.73 Å². The van der Waals surface area contributed by atoms with Crippen LogP contribution in [0.3, 0.4) is 0 Å². The van der Waals surface area contributed by atoms with Gasteiger partial charge in [-0.2, -0.15) is 5.26 Å². The van der Waals surface area contributed by atoms with Crippen LogP contribution >= 0.6 is 0 Å². The van der Waals surface area contributed by atoms with Crippen molar-refractivity contribution < 1.29 is 0 Å². The summed E-state index contributed by atoms with van der Waals surface area (Å²) in [5.41, 5.74) is 9.04. The molecule has 0 aromatic heterocycles. The lowest BCUT2D eigenvalue weighted by atomic mass is 10.1. The van der Waals surface area contributed by atoms with Gasteiger partial charge < -0.3 is 5.73 Å². The minimum atomic E-state index is 0.147. The fraction of sp³-hybridized carbons (Fsp3) is 0.300. The second-order valence-corrected chi connectivity index (χ2v) is 3.17. The van der Waals surface area contributed by atoms with Gasteiger partial charge in [0.25, 0.3) is 0 Å². The molecule has 2 nitrogen and oxygen atoms in total. The molecule has 0 heterocycles. The molecule has 0 bridgehead atoms. The van der Waals surface area contributed by atoms with Crippen LogP contribution in [0.15, 0.2) is 18.2 Å². The van der Waals surface area contributed by atoms with Crippen LogP contribution in [0.1, 0.15) is 29.2 Å². The van der Waals surface area contributed by atoms with E-state index in [1.54, 1.807) is 0 Å². The Balaban J connectivity index is 2.52. The third-order valence-electron chi connectivity index (χ3n) is 2.40. The summed E-state index contributed by atoms with van der Waals surface area (Å²) in [4.78, 5) is 0. The molecule has 2 N–H and O–H groups in total. The highest BCUT2D eigenvalue weighted by Crippen LogP contribution is 2.29. The minimum Gasteiger partial charge on any atom is -0.324 e. The molecule has 2 heteroatoms. The van der Waals surface area contributed by atoms with Gasteiger partial charge in [-0.25, -0.2) is 0 Å². The van der Waals surface area contributed by atoms with E-state index in [2.05, 4.69) is 6.07 Å². The number of aryl methyl sites for hydroxylation is 1. The lowest BCUT2D eigenvalue weighted by Crippen LogP contribution is -2.05. The number of fused-ring (bicyclic) bond motifs is 1. The molecule has 0 amide bonds. The average Bonchev–Trinajstić information content (AvgIpc) is 2.47. The van der Waals surface area contributed by atoms with Crippen molar-refractivity contribution in [1.82, 2.24) is 0 Å². The Morgan fingerprint density at radius 2 is 2.33 bits per heavy atom. The first kappa shape index (κ1) is 7.33. The van der Waals surface area contributed by atoms with E-state index < -0.39 is 0 Å². The van der Waals surface area contributed by atoms with Gasteiger partial charge >= 0.3 is 0 Å². The maximum Gasteiger partial charge on any atom is 0.0991 e. The van der Waals surface area contributed by atoms with E-state index in [1.165, 1.54) is 5.56 Å². The molecule has 0 radical (unpaired) electrons. The van der Waals surface area contributed by atoms with Crippen LogP contribution in [0.4, 0.5) is 0 Å². The van der Waals surface area contributed by atoms with E-state index >= 15 is 0 Å². The Morgan fingerprint density at radius 1 is 1.50 bits per heavy atom. The Labute approximate surface area is 71.6 Å². The third kappa shape index (κ3) is 0.992. The molecule has 1 atom stereocenters. The van der Waals surface area contributed by atoms with Crippen molar-refractivity contribution in [3.05, 3.63) is 34.9 Å². The van der Waals surface area contributed by atoms with Crippen molar-refractivity contribution in [2.45, 2.75) is 18.9 Å². The molecular formula is C10H10N2. The number of nitrogens with two attached hydrogens (primary N) is 1. The van der Waals surface area contributed by atoms with Gasteiger partial charge in [0.15, 0.2) is 0 Å². The van der Waals surface area contributed by atoms with Crippen molar-refractivity contribution in [3.8, 4) is 6.07 Å². The Hall–Kier alpha value is -1.33. The molecule has 2 rings (SSSR count). The van der Waals surface area contributed by atoms with Crippen molar-refractivity contribution in [3.63, 3.8) is 0 Å². The van der Waals surface area contributed by atoms with Gasteiger partial charge in [0.2, 0.25) is 0 Å². The van der Waals surface area contributed by atoms with E-state index in [-0.39, 0.29) is 6.04 Å². The molecule has 0 unspecified atom stereocenters. The number of rotatable bonds is 0. The van der Waals surface area contributed by atoms with Crippen LogP contribution in [-0.4, -0.2) is 0 Å². The molecule has 0 spiro atoms. The summed E-state index contributed by atoms with van der Waals surface area (Å²) in [5.74, 6) is 0. The monoisotopic (exact) mass is 158 g/mol. The van der Waals surface area contributed by atoms with Crippen molar-refractivity contribution >= 4 is 0 Å². The Kier molecular flexibility index (Phi) is 1.60. The highest BCUT2D eigenvalue weighted by atomic mass is 14.6. The van der Waals surface area contributed by atoms with Crippen molar-refractivity contribution in [2.75, 3.05) is 0 Å². The first-order chi connectivity index (χ1) is 5.81. The van der Waals surface area contributed by atoms with Gasteiger partial charge in [-0.15, -0.1) is 0 Å². The summed E-state index contributed by atoms with van der Waals surface area (Å²) in [6, 6.07) is 8.05. The van der Waals surface area contributed by atoms with Gasteiger partial charge in [0.1, 0.15) is 0 Å². The van der Waals surface area contributed by atoms with Crippen molar-refractivity contribution in [1.29, 1.82) is 5.26 Å². The molecule has 0 saturated heterocycles. The smallest absolute Gasteiger partial charge is 0.0991 e. The third-order valence-corrected chi connectivity index (χ3v) is 2.40. The van der Waals surface area contributed by atoms with Gasteiger partial charge in [0.05, 0.1) is 11.6 Å². The van der Waals surface area contributed by atoms with Gasteiger partial charge in [-0.3, -0.25) is 0 Å². The van der Waals surface area contributed by atoms with E-state index in [0.29, 0.717) is 5.56 Å². The molecule has 60 valence electrons. The molecule has 0 aliphatic heterocycles. The molecule has 1 aliphatic rings. The number of nitrogens with zero attached hydrogens (tertiary/aromatic N) is 1. The van der Waals surface area contributed by atoms with Crippen molar-refractivity contribution in [2.24, 2.45) is 5.73 Å². The highest BCUT2D eigenvalue weighted by molar-refractivity contribution is 5.42. The predicted octanol–water partition coefficient (Wildman–Crippen LogP) is 1.50. The lowest BCUT2D eigenvalue weighted by Gasteiger charge is -2.03. The van der Waals surface area contributed by atoms with Crippen LogP contribution in [-0.2, 0) is 6.42 Å². The predicted molar refractivity (Wildman–Crippen MR) is 46.4 cm³/mol. The lowest BCUT2D eigenvalue weighted by molar-refractivity contribution is 0.713. The zero-order valence-electron chi connectivity index (χ0n) is 6.75. The number of hydrogen-bond acceptors (Lipinski definition) is 2. The normalized spacial score (nSPS) is 20.2. The van der Waals surface area contributed by atoms with E-state index in [9.17, 15) is 0 Å². The van der Waals surface area contributed by atoms with Crippen LogP contribution in [0.5, 0.6) is 0 Å². The number of benzene rings is 1. The zero-order chi connectivity index (χ0) is 8.55. The number of hydrogen-bond donors (Lipinski definition) is 1. The van der Waals surface area contributed by atoms with E-state index in [1.807, 2.05) is 18.2 Å². The first-order valence-corrected chi connectivity index (χ1v) is 4.10. The minimum absolute atomic E-state index is 0.147. The van der Waals surface area contributed by atoms with Crippen LogP contribution in [0, 0.1) is 11.3 Å². The molecule has 1 aromatic carbocycles. The highest BCUT2D eigenvalue weighted by Gasteiger charge is 2.18. The van der Waals surface area contributed by atoms with Gasteiger partial charge in [-0.05, 0) is 36.1 Å². The summed E-state index contributed by atoms with van der Waals surface area (Å²) in [5, 5.41) is 8.66. The molecule has 0 saturated carbocycles. The Morgan fingerprint density at radius 3 is 3.08 bits per heavy atom. The quantitative estimate of drug-likeness (QED) is 0.622. The standard InChI is InChI=1S/C10H10N2/c11-6-7-1-2-8-3-4-10(12)9(8)5-7/h1-2,5,10H,3-4,12H2/t10-/m1/s1. The second-order valence-electron chi connectivity index (χ2n) is 3.17. The fourth-order valence-corrected chi connectivity index (χ4v) is 1.70. The second kappa shape index (κ2) is 2.62. The Bertz CT molecular complexity index is 349. The number of nitriles is 1. The van der Waals surface area contributed by atoms with Crippen LogP contribution in [0.25, 0.3) is 0 Å². The van der Waals surface area contributed by atoms with Crippen LogP contribution in [0.2, 0.25) is 0 Å². The summed E-state index contributed by atoms with van der Waals surface area (Å²) < 4.78 is 0. The summed E-state index contributed by atoms with van der Waals surface area (Å²) in [7, 11) is 0. The SMILES string of the molecule is N#Cc1ccc2c(c1)[C@H](N)CC2. The molecular weight excluding hydrogens is 148 g/mol. The molecule has 1 aromatic rings. The first-order valence-electron chi connectivity index (χ1n) is 4.10. The van der Waals surface area contributed by atoms with Gasteiger partial charge in [-0.1, -0.05) is 6.07 Å². The summed E-state index contributed by atoms with van der Waals surface area (Å²) in [6.45, 7) is 0. The van der Waals surface area contributed by atoms with E-state index in [0.717, 1.165) is 18.4 Å². The largest absolute Gasteiger partial charge is 0.324 e.